The summed E-state index contributed by atoms with van der Waals surface area (Å²) in [6, 6.07) is 6.90. The summed E-state index contributed by atoms with van der Waals surface area (Å²) >= 11 is 0. The van der Waals surface area contributed by atoms with Crippen molar-refractivity contribution in [3.05, 3.63) is 35.9 Å². The molecule has 0 radical (unpaired) electrons. The van der Waals surface area contributed by atoms with Crippen LogP contribution in [0, 0.1) is 0 Å². The zero-order valence-corrected chi connectivity index (χ0v) is 10.4. The quantitative estimate of drug-likeness (QED) is 0.338. The summed E-state index contributed by atoms with van der Waals surface area (Å²) in [6.45, 7) is -1.66. The number of hydrogen-bond donors (Lipinski definition) is 5. The first kappa shape index (κ1) is 15.2. The number of rotatable bonds is 6. The number of amides is 1. The molecule has 0 spiro atoms. The normalized spacial score (nSPS) is 11.7. The number of aliphatic hydroxyl groups excluding tert-OH is 3. The molecule has 1 amide bonds. The van der Waals surface area contributed by atoms with Crippen molar-refractivity contribution in [2.75, 3.05) is 25.6 Å². The summed E-state index contributed by atoms with van der Waals surface area (Å²) in [5, 5.41) is 29.6. The molecular weight excluding hydrogens is 248 g/mol. The zero-order valence-electron chi connectivity index (χ0n) is 10.4. The Labute approximate surface area is 111 Å². The highest BCUT2D eigenvalue weighted by Gasteiger charge is 2.28. The fraction of sp³-hybridized carbons (Fsp3) is 0.308. The van der Waals surface area contributed by atoms with Crippen LogP contribution in [0.4, 0.5) is 5.69 Å². The summed E-state index contributed by atoms with van der Waals surface area (Å²) in [7, 11) is 0. The van der Waals surface area contributed by atoms with E-state index in [0.717, 1.165) is 5.56 Å². The molecule has 0 atom stereocenters. The van der Waals surface area contributed by atoms with Crippen molar-refractivity contribution in [1.82, 2.24) is 5.32 Å². The maximum atomic E-state index is 11.6. The molecule has 0 saturated carbocycles. The predicted octanol–water partition coefficient (Wildman–Crippen LogP) is -0.886. The van der Waals surface area contributed by atoms with E-state index in [1.165, 1.54) is 6.08 Å². The Balaban J connectivity index is 2.66. The maximum absolute atomic E-state index is 11.6. The average Bonchev–Trinajstić information content (AvgIpc) is 2.44. The Morgan fingerprint density at radius 3 is 2.16 bits per heavy atom. The second kappa shape index (κ2) is 6.89. The van der Waals surface area contributed by atoms with Gasteiger partial charge in [-0.3, -0.25) is 4.79 Å². The molecule has 0 aliphatic carbocycles. The summed E-state index contributed by atoms with van der Waals surface area (Å²) in [4.78, 5) is 11.6. The molecule has 1 rings (SSSR count). The van der Waals surface area contributed by atoms with E-state index in [1.54, 1.807) is 30.3 Å². The number of nitrogens with one attached hydrogen (secondary N) is 1. The van der Waals surface area contributed by atoms with Crippen LogP contribution >= 0.6 is 0 Å². The van der Waals surface area contributed by atoms with Crippen LogP contribution < -0.4 is 11.1 Å². The summed E-state index contributed by atoms with van der Waals surface area (Å²) < 4.78 is 0. The van der Waals surface area contributed by atoms with Gasteiger partial charge in [-0.05, 0) is 23.8 Å². The van der Waals surface area contributed by atoms with Gasteiger partial charge in [0.2, 0.25) is 5.91 Å². The van der Waals surface area contributed by atoms with Crippen molar-refractivity contribution < 1.29 is 20.1 Å². The fourth-order valence-electron chi connectivity index (χ4n) is 1.35. The van der Waals surface area contributed by atoms with Gasteiger partial charge in [-0.2, -0.15) is 0 Å². The van der Waals surface area contributed by atoms with Crippen LogP contribution in [0.5, 0.6) is 0 Å². The number of carbonyl (C=O) groups is 1. The molecule has 0 bridgehead atoms. The van der Waals surface area contributed by atoms with Crippen molar-refractivity contribution in [2.24, 2.45) is 0 Å². The van der Waals surface area contributed by atoms with E-state index in [-0.39, 0.29) is 0 Å². The third-order valence-corrected chi connectivity index (χ3v) is 2.66. The number of aliphatic hydroxyl groups is 3. The van der Waals surface area contributed by atoms with Crippen LogP contribution in [0.1, 0.15) is 5.56 Å². The standard InChI is InChI=1S/C13H18N2O4/c14-11-4-1-10(2-5-11)3-6-12(19)15-13(7-16,8-17)9-18/h1-6,16-18H,7-9,14H2,(H,15,19)/b6-3+. The lowest BCUT2D eigenvalue weighted by Gasteiger charge is -2.27. The van der Waals surface area contributed by atoms with E-state index >= 15 is 0 Å². The number of hydrogen-bond acceptors (Lipinski definition) is 5. The Kier molecular flexibility index (Phi) is 5.50. The number of carbonyl (C=O) groups excluding carboxylic acids is 1. The summed E-state index contributed by atoms with van der Waals surface area (Å²) in [6.07, 6.45) is 2.81. The number of nitrogen functional groups attached to an aromatic ring is 1. The second-order valence-electron chi connectivity index (χ2n) is 4.24. The first-order valence-corrected chi connectivity index (χ1v) is 5.73. The van der Waals surface area contributed by atoms with Crippen LogP contribution in [-0.4, -0.2) is 46.6 Å². The van der Waals surface area contributed by atoms with Gasteiger partial charge in [-0.1, -0.05) is 12.1 Å². The van der Waals surface area contributed by atoms with Crippen LogP contribution in [0.15, 0.2) is 30.3 Å². The van der Waals surface area contributed by atoms with Crippen LogP contribution in [0.25, 0.3) is 6.08 Å². The zero-order chi connectivity index (χ0) is 14.3. The van der Waals surface area contributed by atoms with E-state index in [4.69, 9.17) is 21.1 Å². The molecule has 0 heterocycles. The number of nitrogens with two attached hydrogens (primary N) is 1. The van der Waals surface area contributed by atoms with Gasteiger partial charge < -0.3 is 26.4 Å². The first-order chi connectivity index (χ1) is 9.05. The monoisotopic (exact) mass is 266 g/mol. The second-order valence-corrected chi connectivity index (χ2v) is 4.24. The van der Waals surface area contributed by atoms with Gasteiger partial charge >= 0.3 is 0 Å². The Morgan fingerprint density at radius 1 is 1.16 bits per heavy atom. The van der Waals surface area contributed by atoms with Crippen LogP contribution in [-0.2, 0) is 4.79 Å². The minimum atomic E-state index is -1.41. The lowest BCUT2D eigenvalue weighted by Crippen LogP contribution is -2.56. The van der Waals surface area contributed by atoms with Crippen molar-refractivity contribution >= 4 is 17.7 Å². The molecular formula is C13H18N2O4. The van der Waals surface area contributed by atoms with Gasteiger partial charge in [0.15, 0.2) is 0 Å². The minimum Gasteiger partial charge on any atom is -0.399 e. The lowest BCUT2D eigenvalue weighted by molar-refractivity contribution is -0.120. The molecule has 0 aliphatic rings. The molecule has 19 heavy (non-hydrogen) atoms. The summed E-state index contributed by atoms with van der Waals surface area (Å²) in [5.41, 5.74) is 5.53. The molecule has 6 heteroatoms. The van der Waals surface area contributed by atoms with Gasteiger partial charge in [-0.15, -0.1) is 0 Å². The van der Waals surface area contributed by atoms with Crippen LogP contribution in [0.2, 0.25) is 0 Å². The maximum Gasteiger partial charge on any atom is 0.244 e. The predicted molar refractivity (Wildman–Crippen MR) is 72.0 cm³/mol. The molecule has 6 nitrogen and oxygen atoms in total. The van der Waals surface area contributed by atoms with E-state index in [1.807, 2.05) is 0 Å². The molecule has 1 aromatic rings. The third kappa shape index (κ3) is 4.36. The highest BCUT2D eigenvalue weighted by Crippen LogP contribution is 2.07. The SMILES string of the molecule is Nc1ccc(/C=C/C(=O)NC(CO)(CO)CO)cc1. The molecule has 0 aromatic heterocycles. The van der Waals surface area contributed by atoms with Crippen molar-refractivity contribution in [3.63, 3.8) is 0 Å². The molecule has 0 saturated heterocycles. The highest BCUT2D eigenvalue weighted by atomic mass is 16.3. The smallest absolute Gasteiger partial charge is 0.244 e. The molecule has 0 unspecified atom stereocenters. The van der Waals surface area contributed by atoms with E-state index in [9.17, 15) is 4.79 Å². The Bertz CT molecular complexity index is 430. The molecule has 1 aromatic carbocycles. The first-order valence-electron chi connectivity index (χ1n) is 5.73. The van der Waals surface area contributed by atoms with Gasteiger partial charge in [0.05, 0.1) is 19.8 Å². The van der Waals surface area contributed by atoms with Crippen molar-refractivity contribution in [2.45, 2.75) is 5.54 Å². The van der Waals surface area contributed by atoms with Crippen molar-refractivity contribution in [3.8, 4) is 0 Å². The molecule has 0 aliphatic heterocycles. The molecule has 104 valence electrons. The number of anilines is 1. The third-order valence-electron chi connectivity index (χ3n) is 2.66. The van der Waals surface area contributed by atoms with Crippen molar-refractivity contribution in [1.29, 1.82) is 0 Å². The van der Waals surface area contributed by atoms with E-state index < -0.39 is 31.3 Å². The van der Waals surface area contributed by atoms with E-state index in [2.05, 4.69) is 5.32 Å². The van der Waals surface area contributed by atoms with Gasteiger partial charge in [0, 0.05) is 11.8 Å². The fourth-order valence-corrected chi connectivity index (χ4v) is 1.35. The molecule has 6 N–H and O–H groups in total. The molecule has 0 fully saturated rings. The Hall–Kier alpha value is -1.89. The van der Waals surface area contributed by atoms with E-state index in [0.29, 0.717) is 5.69 Å². The van der Waals surface area contributed by atoms with Gasteiger partial charge in [0.1, 0.15) is 5.54 Å². The van der Waals surface area contributed by atoms with Crippen LogP contribution in [0.3, 0.4) is 0 Å². The van der Waals surface area contributed by atoms with Gasteiger partial charge in [-0.25, -0.2) is 0 Å². The number of benzene rings is 1. The Morgan fingerprint density at radius 2 is 1.68 bits per heavy atom. The highest BCUT2D eigenvalue weighted by molar-refractivity contribution is 5.92. The van der Waals surface area contributed by atoms with Gasteiger partial charge in [0.25, 0.3) is 0 Å². The lowest BCUT2D eigenvalue weighted by atomic mass is 10.0. The minimum absolute atomic E-state index is 0.519. The summed E-state index contributed by atoms with van der Waals surface area (Å²) in [5.74, 6) is -0.519. The largest absolute Gasteiger partial charge is 0.399 e. The topological polar surface area (TPSA) is 116 Å². The average molecular weight is 266 g/mol.